The Bertz CT molecular complexity index is 567. The Morgan fingerprint density at radius 3 is 2.09 bits per heavy atom. The molecule has 0 aliphatic carbocycles. The van der Waals surface area contributed by atoms with Gasteiger partial charge in [0.2, 0.25) is 10.0 Å². The first-order chi connectivity index (χ1) is 10.3. The lowest BCUT2D eigenvalue weighted by atomic mass is 10.1. The summed E-state index contributed by atoms with van der Waals surface area (Å²) in [5.41, 5.74) is 0.555. The molecule has 0 unspecified atom stereocenters. The Morgan fingerprint density at radius 1 is 1.18 bits per heavy atom. The highest BCUT2D eigenvalue weighted by Gasteiger charge is 2.13. The normalized spacial score (nSPS) is 10.7. The van der Waals surface area contributed by atoms with Crippen LogP contribution in [0.25, 0.3) is 0 Å². The highest BCUT2D eigenvalue weighted by atomic mass is 32.2. The molecule has 0 saturated heterocycles. The molecule has 4 N–H and O–H groups in total. The largest absolute Gasteiger partial charge is 0.478 e. The van der Waals surface area contributed by atoms with Crippen LogP contribution in [-0.2, 0) is 16.4 Å². The van der Waals surface area contributed by atoms with Gasteiger partial charge in [-0.2, -0.15) is 0 Å². The third-order valence-corrected chi connectivity index (χ3v) is 3.78. The summed E-state index contributed by atoms with van der Waals surface area (Å²) in [6.07, 6.45) is 2.94. The number of carboxylic acids is 1. The van der Waals surface area contributed by atoms with Gasteiger partial charge in [-0.05, 0) is 56.1 Å². The second-order valence-electron chi connectivity index (χ2n) is 4.77. The zero-order valence-electron chi connectivity index (χ0n) is 13.4. The molecule has 126 valence electrons. The molecule has 0 amide bonds. The number of carboxylic acid groups (broad SMARTS) is 1. The molecule has 7 heteroatoms. The lowest BCUT2D eigenvalue weighted by Gasteiger charge is -2.05. The fourth-order valence-corrected chi connectivity index (χ4v) is 2.29. The summed E-state index contributed by atoms with van der Waals surface area (Å²) in [4.78, 5) is 10.7. The average molecular weight is 330 g/mol. The number of nitrogens with two attached hydrogens (primary N) is 1. The van der Waals surface area contributed by atoms with E-state index in [1.54, 1.807) is 6.92 Å². The first-order valence-corrected chi connectivity index (χ1v) is 8.92. The molecule has 0 aliphatic rings. The fraction of sp³-hybridized carbons (Fsp3) is 0.533. The second-order valence-corrected chi connectivity index (χ2v) is 6.33. The molecule has 1 rings (SSSR count). The Morgan fingerprint density at radius 2 is 1.73 bits per heavy atom. The molecule has 6 nitrogen and oxygen atoms in total. The lowest BCUT2D eigenvalue weighted by molar-refractivity contribution is 0.0695. The van der Waals surface area contributed by atoms with E-state index in [-0.39, 0.29) is 10.5 Å². The number of hydrogen-bond donors (Lipinski definition) is 3. The highest BCUT2D eigenvalue weighted by Crippen LogP contribution is 2.15. The molecule has 1 aromatic rings. The van der Waals surface area contributed by atoms with Crippen molar-refractivity contribution in [2.75, 3.05) is 13.1 Å². The Hall–Kier alpha value is -1.44. The van der Waals surface area contributed by atoms with E-state index in [1.165, 1.54) is 44.1 Å². The third kappa shape index (κ3) is 7.53. The van der Waals surface area contributed by atoms with Crippen LogP contribution in [0.2, 0.25) is 0 Å². The summed E-state index contributed by atoms with van der Waals surface area (Å²) in [7, 11) is -3.77. The van der Waals surface area contributed by atoms with Gasteiger partial charge >= 0.3 is 5.97 Å². The van der Waals surface area contributed by atoms with Gasteiger partial charge in [-0.3, -0.25) is 0 Å². The molecule has 22 heavy (non-hydrogen) atoms. The average Bonchev–Trinajstić information content (AvgIpc) is 2.46. The van der Waals surface area contributed by atoms with E-state index in [9.17, 15) is 13.2 Å². The minimum Gasteiger partial charge on any atom is -0.478 e. The standard InChI is InChI=1S/C9H11NO4S.C6H15N/c1-2-6-5-7(15(10,13)14)3-4-8(6)9(11)12;1-3-5-7-6-4-2/h3-5H,2H2,1H3,(H,11,12)(H2,10,13,14);7H,3-6H2,1-2H3. The van der Waals surface area contributed by atoms with Gasteiger partial charge in [0.15, 0.2) is 0 Å². The van der Waals surface area contributed by atoms with Gasteiger partial charge in [-0.25, -0.2) is 18.4 Å². The van der Waals surface area contributed by atoms with Crippen LogP contribution < -0.4 is 10.5 Å². The Labute approximate surface area is 132 Å². The van der Waals surface area contributed by atoms with Crippen molar-refractivity contribution in [3.05, 3.63) is 29.3 Å². The van der Waals surface area contributed by atoms with Crippen molar-refractivity contribution in [1.82, 2.24) is 5.32 Å². The van der Waals surface area contributed by atoms with Gasteiger partial charge in [0.05, 0.1) is 10.5 Å². The molecule has 0 heterocycles. The number of aromatic carboxylic acids is 1. The van der Waals surface area contributed by atoms with Crippen molar-refractivity contribution < 1.29 is 18.3 Å². The van der Waals surface area contributed by atoms with Gasteiger partial charge < -0.3 is 10.4 Å². The molecule has 0 radical (unpaired) electrons. The number of hydrogen-bond acceptors (Lipinski definition) is 4. The van der Waals surface area contributed by atoms with Crippen molar-refractivity contribution in [1.29, 1.82) is 0 Å². The molecule has 0 spiro atoms. The predicted molar refractivity (Wildman–Crippen MR) is 87.6 cm³/mol. The first kappa shape index (κ1) is 20.6. The van der Waals surface area contributed by atoms with Gasteiger partial charge in [0, 0.05) is 0 Å². The molecule has 0 bridgehead atoms. The van der Waals surface area contributed by atoms with Crippen molar-refractivity contribution in [3.63, 3.8) is 0 Å². The number of primary sulfonamides is 1. The van der Waals surface area contributed by atoms with Crippen LogP contribution in [0.5, 0.6) is 0 Å². The zero-order chi connectivity index (χ0) is 17.2. The van der Waals surface area contributed by atoms with E-state index in [2.05, 4.69) is 19.2 Å². The van der Waals surface area contributed by atoms with Crippen LogP contribution in [0.1, 0.15) is 49.5 Å². The minimum atomic E-state index is -3.77. The van der Waals surface area contributed by atoms with Crippen LogP contribution in [0, 0.1) is 0 Å². The molecule has 0 saturated carbocycles. The fourth-order valence-electron chi connectivity index (χ4n) is 1.73. The zero-order valence-corrected chi connectivity index (χ0v) is 14.2. The molecular weight excluding hydrogens is 304 g/mol. The number of carbonyl (C=O) groups is 1. The van der Waals surface area contributed by atoms with E-state index >= 15 is 0 Å². The van der Waals surface area contributed by atoms with Crippen molar-refractivity contribution in [2.24, 2.45) is 5.14 Å². The quantitative estimate of drug-likeness (QED) is 0.662. The van der Waals surface area contributed by atoms with Gasteiger partial charge in [0.25, 0.3) is 0 Å². The molecule has 0 atom stereocenters. The van der Waals surface area contributed by atoms with Crippen LogP contribution in [0.3, 0.4) is 0 Å². The smallest absolute Gasteiger partial charge is 0.335 e. The monoisotopic (exact) mass is 330 g/mol. The van der Waals surface area contributed by atoms with Gasteiger partial charge in [0.1, 0.15) is 0 Å². The van der Waals surface area contributed by atoms with E-state index < -0.39 is 16.0 Å². The van der Waals surface area contributed by atoms with Gasteiger partial charge in [-0.15, -0.1) is 0 Å². The maximum atomic E-state index is 11.0. The summed E-state index contributed by atoms with van der Waals surface area (Å²) in [5.74, 6) is -1.08. The molecular formula is C15H26N2O4S. The number of aryl methyl sites for hydroxylation is 1. The maximum Gasteiger partial charge on any atom is 0.335 e. The van der Waals surface area contributed by atoms with Gasteiger partial charge in [-0.1, -0.05) is 20.8 Å². The van der Waals surface area contributed by atoms with Crippen LogP contribution in [0.15, 0.2) is 23.1 Å². The Kier molecular flexibility index (Phi) is 9.64. The van der Waals surface area contributed by atoms with E-state index in [1.807, 2.05) is 0 Å². The van der Waals surface area contributed by atoms with Crippen molar-refractivity contribution in [3.8, 4) is 0 Å². The topological polar surface area (TPSA) is 109 Å². The van der Waals surface area contributed by atoms with Crippen molar-refractivity contribution in [2.45, 2.75) is 44.9 Å². The number of sulfonamides is 1. The summed E-state index contributed by atoms with van der Waals surface area (Å²) in [5, 5.41) is 17.0. The molecule has 0 fully saturated rings. The maximum absolute atomic E-state index is 11.0. The van der Waals surface area contributed by atoms with Crippen LogP contribution >= 0.6 is 0 Å². The number of benzene rings is 1. The van der Waals surface area contributed by atoms with E-state index in [0.717, 1.165) is 0 Å². The van der Waals surface area contributed by atoms with Crippen molar-refractivity contribution >= 4 is 16.0 Å². The second kappa shape index (κ2) is 10.3. The van der Waals surface area contributed by atoms with Crippen LogP contribution in [0.4, 0.5) is 0 Å². The minimum absolute atomic E-state index is 0.0654. The number of nitrogens with one attached hydrogen (secondary N) is 1. The SMILES string of the molecule is CCCNCCC.CCc1cc(S(N)(=O)=O)ccc1C(=O)O. The molecule has 1 aromatic carbocycles. The number of rotatable bonds is 7. The molecule has 0 aliphatic heterocycles. The highest BCUT2D eigenvalue weighted by molar-refractivity contribution is 7.89. The summed E-state index contributed by atoms with van der Waals surface area (Å²) >= 11 is 0. The van der Waals surface area contributed by atoms with E-state index in [0.29, 0.717) is 12.0 Å². The first-order valence-electron chi connectivity index (χ1n) is 7.37. The summed E-state index contributed by atoms with van der Waals surface area (Å²) in [6.45, 7) is 8.46. The lowest BCUT2D eigenvalue weighted by Crippen LogP contribution is -2.14. The van der Waals surface area contributed by atoms with Crippen LogP contribution in [-0.4, -0.2) is 32.6 Å². The summed E-state index contributed by atoms with van der Waals surface area (Å²) in [6, 6.07) is 3.73. The third-order valence-electron chi connectivity index (χ3n) is 2.87. The summed E-state index contributed by atoms with van der Waals surface area (Å²) < 4.78 is 22.0. The Balaban J connectivity index is 0.000000534. The van der Waals surface area contributed by atoms with E-state index in [4.69, 9.17) is 10.2 Å². The molecule has 0 aromatic heterocycles. The predicted octanol–water partition coefficient (Wildman–Crippen LogP) is 1.99.